The fraction of sp³-hybridized carbons (Fsp3) is 0.180. The quantitative estimate of drug-likeness (QED) is 0.100. The van der Waals surface area contributed by atoms with Crippen molar-refractivity contribution in [1.82, 2.24) is 15.2 Å². The molecule has 2 heterocycles. The molecule has 5 aromatic carbocycles. The van der Waals surface area contributed by atoms with Crippen LogP contribution in [0.1, 0.15) is 80.0 Å². The number of aryl methyl sites for hydroxylation is 2. The highest BCUT2D eigenvalue weighted by Gasteiger charge is 2.26. The first-order valence-corrected chi connectivity index (χ1v) is 24.2. The van der Waals surface area contributed by atoms with Crippen LogP contribution < -0.4 is 10.6 Å². The smallest absolute Gasteiger partial charge is 0.117 e. The van der Waals surface area contributed by atoms with Crippen molar-refractivity contribution in [2.75, 3.05) is 6.66 Å². The molecule has 2 unspecified atom stereocenters. The van der Waals surface area contributed by atoms with E-state index in [2.05, 4.69) is 234 Å². The van der Waals surface area contributed by atoms with Gasteiger partial charge in [0.15, 0.2) is 0 Å². The van der Waals surface area contributed by atoms with Crippen molar-refractivity contribution in [2.45, 2.75) is 66.5 Å². The summed E-state index contributed by atoms with van der Waals surface area (Å²) in [5.41, 5.74) is 17.5. The zero-order valence-electron chi connectivity index (χ0n) is 39.2. The molecule has 2 atom stereocenters. The van der Waals surface area contributed by atoms with Crippen molar-refractivity contribution in [3.8, 4) is 5.69 Å². The highest BCUT2D eigenvalue weighted by molar-refractivity contribution is 7.15. The second kappa shape index (κ2) is 23.9. The number of benzene rings is 5. The van der Waals surface area contributed by atoms with Crippen molar-refractivity contribution in [3.63, 3.8) is 0 Å². The molecule has 0 radical (unpaired) electrons. The van der Waals surface area contributed by atoms with E-state index >= 15 is 0 Å². The molecule has 1 aromatic heterocycles. The summed E-state index contributed by atoms with van der Waals surface area (Å²) in [6.07, 6.45) is 30.0. The zero-order chi connectivity index (χ0) is 46.1. The largest absolute Gasteiger partial charge is 0.365 e. The van der Waals surface area contributed by atoms with Gasteiger partial charge >= 0.3 is 0 Å². The predicted molar refractivity (Wildman–Crippen MR) is 291 cm³/mol. The Morgan fingerprint density at radius 1 is 0.769 bits per heavy atom. The van der Waals surface area contributed by atoms with Gasteiger partial charge in [-0.3, -0.25) is 0 Å². The third-order valence-electron chi connectivity index (χ3n) is 11.8. The Morgan fingerprint density at radius 3 is 2.14 bits per heavy atom. The maximum absolute atomic E-state index is 4.16. The number of rotatable bonds is 11. The average molecular weight is 872 g/mol. The Bertz CT molecular complexity index is 2850. The van der Waals surface area contributed by atoms with Crippen molar-refractivity contribution in [1.29, 1.82) is 0 Å². The van der Waals surface area contributed by atoms with Crippen LogP contribution in [-0.4, -0.2) is 17.4 Å². The van der Waals surface area contributed by atoms with Crippen LogP contribution in [0.2, 0.25) is 0 Å². The summed E-state index contributed by atoms with van der Waals surface area (Å²) < 4.78 is 2.33. The number of allylic oxidation sites excluding steroid dienone is 11. The van der Waals surface area contributed by atoms with Crippen LogP contribution in [0.4, 0.5) is 0 Å². The Labute approximate surface area is 391 Å². The summed E-state index contributed by atoms with van der Waals surface area (Å²) in [5.74, 6) is 0. The molecule has 4 heteroatoms. The minimum absolute atomic E-state index is 0.0364. The van der Waals surface area contributed by atoms with Crippen LogP contribution in [0.5, 0.6) is 0 Å². The van der Waals surface area contributed by atoms with E-state index < -0.39 is 0 Å². The van der Waals surface area contributed by atoms with Gasteiger partial charge in [0, 0.05) is 40.0 Å². The van der Waals surface area contributed by atoms with Gasteiger partial charge in [-0.25, -0.2) is 0 Å². The van der Waals surface area contributed by atoms with Crippen LogP contribution in [0, 0.1) is 13.8 Å². The summed E-state index contributed by atoms with van der Waals surface area (Å²) >= 11 is 0. The minimum atomic E-state index is -0.0364. The SMILES string of the molecule is C=C/C=C(\CC=Cc1ccc2c(C=C)c(/C=C\C)n(-c3ccccc3)c2c1)NC1C=C(C2=CC=C(c3ccc4ccccc4c3)CC2)C2=CCC=C2N1.CC.CP.Cc1ccccc1C. The van der Waals surface area contributed by atoms with Crippen LogP contribution in [0.25, 0.3) is 51.2 Å². The Morgan fingerprint density at radius 2 is 1.46 bits per heavy atom. The van der Waals surface area contributed by atoms with Gasteiger partial charge in [-0.2, -0.15) is 0 Å². The normalized spacial score (nSPS) is 15.4. The molecular weight excluding hydrogens is 806 g/mol. The van der Waals surface area contributed by atoms with Gasteiger partial charge in [-0.1, -0.05) is 179 Å². The van der Waals surface area contributed by atoms with E-state index in [1.165, 1.54) is 60.8 Å². The molecule has 0 saturated heterocycles. The van der Waals surface area contributed by atoms with E-state index in [-0.39, 0.29) is 6.17 Å². The van der Waals surface area contributed by atoms with Gasteiger partial charge in [0.1, 0.15) is 6.17 Å². The molecule has 2 aliphatic carbocycles. The van der Waals surface area contributed by atoms with E-state index in [4.69, 9.17) is 0 Å². The monoisotopic (exact) mass is 871 g/mol. The first-order valence-electron chi connectivity index (χ1n) is 23.1. The summed E-state index contributed by atoms with van der Waals surface area (Å²) in [7, 11) is 2.42. The molecule has 65 heavy (non-hydrogen) atoms. The third kappa shape index (κ3) is 11.5. The lowest BCUT2D eigenvalue weighted by atomic mass is 9.85. The molecule has 330 valence electrons. The number of hydrogen-bond acceptors (Lipinski definition) is 2. The maximum atomic E-state index is 4.16. The lowest BCUT2D eigenvalue weighted by Crippen LogP contribution is -2.42. The number of nitrogens with zero attached hydrogens (tertiary/aromatic N) is 1. The fourth-order valence-corrected chi connectivity index (χ4v) is 8.57. The molecule has 0 fully saturated rings. The molecule has 9 rings (SSSR count). The van der Waals surface area contributed by atoms with E-state index in [1.54, 1.807) is 0 Å². The Hall–Kier alpha value is -6.67. The summed E-state index contributed by atoms with van der Waals surface area (Å²) in [6, 6.07) is 41.0. The second-order valence-electron chi connectivity index (χ2n) is 15.8. The molecule has 3 nitrogen and oxygen atoms in total. The average Bonchev–Trinajstić information content (AvgIpc) is 3.96. The van der Waals surface area contributed by atoms with E-state index in [0.717, 1.165) is 59.4 Å². The van der Waals surface area contributed by atoms with Crippen LogP contribution in [-0.2, 0) is 0 Å². The fourth-order valence-electron chi connectivity index (χ4n) is 8.57. The molecule has 6 aromatic rings. The standard InChI is InChI=1S/C50H45N3.C8H10.C2H6.CH5P/c1-4-14-41(19-12-16-35-24-31-45-43(6-3)48(15-5-2)53(49(45)32-35)42-20-8-7-9-21-42)51-50-34-46(44-22-13-23-47(44)52-50)38-28-25-37(26-29-38)40-30-27-36-17-10-11-18-39(36)33-40;1-7-5-3-4-6-8(7)2;2*1-2/h4-12,14-18,20-25,27-28,30-34,50-52H,1,3,13,19,26,29H2,2H3;3-6H,1-2H3;1-2H3;2H2,1H3/b15-5-,16-12?,41-14+;;;. The van der Waals surface area contributed by atoms with Gasteiger partial charge in [0.2, 0.25) is 0 Å². The van der Waals surface area contributed by atoms with Crippen LogP contribution >= 0.6 is 9.24 Å². The first kappa shape index (κ1) is 47.8. The molecule has 0 saturated carbocycles. The van der Waals surface area contributed by atoms with Crippen molar-refractivity contribution in [3.05, 3.63) is 245 Å². The number of aromatic nitrogens is 1. The maximum Gasteiger partial charge on any atom is 0.117 e. The third-order valence-corrected chi connectivity index (χ3v) is 11.8. The van der Waals surface area contributed by atoms with Gasteiger partial charge in [-0.05, 0) is 132 Å². The highest BCUT2D eigenvalue weighted by atomic mass is 31.0. The van der Waals surface area contributed by atoms with E-state index in [9.17, 15) is 0 Å². The van der Waals surface area contributed by atoms with Crippen LogP contribution in [0.3, 0.4) is 0 Å². The number of hydrogen-bond donors (Lipinski definition) is 2. The Balaban J connectivity index is 0.000000517. The minimum Gasteiger partial charge on any atom is -0.365 e. The molecular formula is C61H66N3P. The summed E-state index contributed by atoms with van der Waals surface area (Å²) in [4.78, 5) is 0. The predicted octanol–water partition coefficient (Wildman–Crippen LogP) is 16.2. The molecule has 3 aliphatic rings. The number of para-hydroxylation sites is 1. The highest BCUT2D eigenvalue weighted by Crippen LogP contribution is 2.39. The molecule has 2 N–H and O–H groups in total. The summed E-state index contributed by atoms with van der Waals surface area (Å²) in [6.45, 7) is 20.4. The van der Waals surface area contributed by atoms with Gasteiger partial charge < -0.3 is 15.2 Å². The molecule has 1 aliphatic heterocycles. The molecule has 0 amide bonds. The lowest BCUT2D eigenvalue weighted by molar-refractivity contribution is 0.577. The zero-order valence-corrected chi connectivity index (χ0v) is 40.4. The lowest BCUT2D eigenvalue weighted by Gasteiger charge is -2.31. The Kier molecular flexibility index (Phi) is 17.5. The first-order chi connectivity index (χ1) is 31.9. The molecule has 0 spiro atoms. The van der Waals surface area contributed by atoms with E-state index in [0.29, 0.717) is 0 Å². The second-order valence-corrected chi connectivity index (χ2v) is 15.8. The van der Waals surface area contributed by atoms with Crippen molar-refractivity contribution >= 4 is 54.7 Å². The topological polar surface area (TPSA) is 29.0 Å². The van der Waals surface area contributed by atoms with Crippen molar-refractivity contribution < 1.29 is 0 Å². The van der Waals surface area contributed by atoms with E-state index in [1.807, 2.05) is 32.7 Å². The van der Waals surface area contributed by atoms with Crippen molar-refractivity contribution in [2.24, 2.45) is 0 Å². The van der Waals surface area contributed by atoms with Gasteiger partial charge in [-0.15, -0.1) is 9.24 Å². The van der Waals surface area contributed by atoms with Gasteiger partial charge in [0.25, 0.3) is 0 Å². The van der Waals surface area contributed by atoms with Gasteiger partial charge in [0.05, 0.1) is 11.2 Å². The molecule has 0 bridgehead atoms. The van der Waals surface area contributed by atoms with Crippen LogP contribution in [0.15, 0.2) is 211 Å². The summed E-state index contributed by atoms with van der Waals surface area (Å²) in [5, 5.41) is 11.3. The number of nitrogens with one attached hydrogen (secondary N) is 2. The number of fused-ring (bicyclic) bond motifs is 3.